The van der Waals surface area contributed by atoms with Gasteiger partial charge in [-0.3, -0.25) is 33.1 Å². The Morgan fingerprint density at radius 2 is 1.02 bits per heavy atom. The molecule has 0 spiro atoms. The number of carbonyl (C=O) groups is 1. The fraction of sp³-hybridized carbons (Fsp3) is 0.359. The molecule has 0 saturated carbocycles. The van der Waals surface area contributed by atoms with Crippen molar-refractivity contribution in [3.63, 3.8) is 0 Å². The van der Waals surface area contributed by atoms with Crippen LogP contribution in [0, 0.1) is 27.7 Å². The predicted octanol–water partition coefficient (Wildman–Crippen LogP) is 3.54. The summed E-state index contributed by atoms with van der Waals surface area (Å²) in [5, 5.41) is 6.51. The molecule has 13 nitrogen and oxygen atoms in total. The third-order valence-electron chi connectivity index (χ3n) is 10.2. The van der Waals surface area contributed by atoms with E-state index >= 15 is 0 Å². The van der Waals surface area contributed by atoms with E-state index in [1.165, 1.54) is 6.92 Å². The van der Waals surface area contributed by atoms with Gasteiger partial charge in [0, 0.05) is 79.9 Å². The number of rotatable bonds is 3. The quantitative estimate of drug-likeness (QED) is 0.264. The minimum Gasteiger partial charge on any atom is -0.487 e. The number of nitrogens with one attached hydrogen (secondary N) is 1. The first-order valence-electron chi connectivity index (χ1n) is 16.8. The van der Waals surface area contributed by atoms with Gasteiger partial charge in [-0.05, 0) is 62.1 Å². The average Bonchev–Trinajstić information content (AvgIpc) is 3.09. The van der Waals surface area contributed by atoms with Gasteiger partial charge in [-0.15, -0.1) is 0 Å². The zero-order valence-corrected chi connectivity index (χ0v) is 29.7. The smallest absolute Gasteiger partial charge is 0.251 e. The van der Waals surface area contributed by atoms with Crippen molar-refractivity contribution in [1.29, 1.82) is 0 Å². The van der Waals surface area contributed by atoms with Crippen LogP contribution in [-0.4, -0.2) is 50.5 Å². The third kappa shape index (κ3) is 5.47. The molecule has 13 heteroatoms. The standard InChI is InChI=1S/C20H21N3O4.C18H19N3O3.CH4/c1-10-5-16(25)22(4)18-14(10)7-15-11(2)6-17(26)23-13(8-21-12(3)24)9-27-20(18)19(15)23;1-9-4-14(22)20(3)16-12(9)6-13-10(2)5-15(23)21-11(7-19)8-24-18(16)17(13)21;/h5-7,13H,8-9H2,1-4H3,(H,21,24);4-6,11H,7-8,19H2,1-3H3;1H4. The summed E-state index contributed by atoms with van der Waals surface area (Å²) >= 11 is 0. The van der Waals surface area contributed by atoms with Crippen molar-refractivity contribution in [2.75, 3.05) is 26.3 Å². The number of carbonyl (C=O) groups excluding carboxylic acids is 1. The highest BCUT2D eigenvalue weighted by Crippen LogP contribution is 2.41. The lowest BCUT2D eigenvalue weighted by Gasteiger charge is -2.30. The minimum absolute atomic E-state index is 0. The molecule has 4 aromatic heterocycles. The molecule has 0 saturated heterocycles. The van der Waals surface area contributed by atoms with Crippen LogP contribution in [0.15, 0.2) is 55.6 Å². The first-order chi connectivity index (χ1) is 24.2. The number of nitrogens with two attached hydrogens (primary N) is 1. The molecular formula is C39H44N6O7. The average molecular weight is 709 g/mol. The SMILES string of the molecule is C.CC(=O)NCC1COc2c3c(cc4c(C)cc(=O)n1c24)c(C)cc(=O)n3C.Cc1cc(=O)n(C)c2c3c4c(cc12)c(C)cc(=O)n4C(CN)CO3. The Morgan fingerprint density at radius 3 is 1.42 bits per heavy atom. The Balaban J connectivity index is 0.000000176. The maximum Gasteiger partial charge on any atom is 0.251 e. The highest BCUT2D eigenvalue weighted by atomic mass is 16.5. The van der Waals surface area contributed by atoms with E-state index in [1.807, 2.05) is 39.8 Å². The molecule has 0 bridgehead atoms. The number of pyridine rings is 4. The zero-order chi connectivity index (χ0) is 36.6. The number of aryl methyl sites for hydroxylation is 6. The summed E-state index contributed by atoms with van der Waals surface area (Å²) in [6.07, 6.45) is 0. The Hall–Kier alpha value is -5.69. The molecule has 2 unspecified atom stereocenters. The van der Waals surface area contributed by atoms with Gasteiger partial charge in [0.15, 0.2) is 11.5 Å². The molecule has 2 aromatic carbocycles. The molecule has 272 valence electrons. The van der Waals surface area contributed by atoms with Crippen LogP contribution < -0.4 is 42.8 Å². The number of benzene rings is 2. The van der Waals surface area contributed by atoms with Crippen LogP contribution in [0.3, 0.4) is 0 Å². The molecule has 0 radical (unpaired) electrons. The number of hydrogen-bond donors (Lipinski definition) is 2. The van der Waals surface area contributed by atoms with Crippen molar-refractivity contribution in [3.05, 3.63) is 100 Å². The summed E-state index contributed by atoms with van der Waals surface area (Å²) in [7, 11) is 3.43. The van der Waals surface area contributed by atoms with Gasteiger partial charge in [0.05, 0.1) is 34.2 Å². The lowest BCUT2D eigenvalue weighted by Crippen LogP contribution is -2.39. The molecule has 0 aliphatic carbocycles. The second-order valence-electron chi connectivity index (χ2n) is 13.6. The molecule has 8 rings (SSSR count). The van der Waals surface area contributed by atoms with E-state index in [0.717, 1.165) is 54.8 Å². The minimum atomic E-state index is -0.309. The highest BCUT2D eigenvalue weighted by Gasteiger charge is 2.29. The van der Waals surface area contributed by atoms with E-state index in [0.29, 0.717) is 42.2 Å². The lowest BCUT2D eigenvalue weighted by molar-refractivity contribution is -0.119. The topological polar surface area (TPSA) is 162 Å². The Kier molecular flexibility index (Phi) is 9.12. The monoisotopic (exact) mass is 708 g/mol. The number of ether oxygens (including phenoxy) is 2. The molecule has 2 aliphatic heterocycles. The third-order valence-corrected chi connectivity index (χ3v) is 10.2. The van der Waals surface area contributed by atoms with E-state index < -0.39 is 0 Å². The van der Waals surface area contributed by atoms with Crippen molar-refractivity contribution in [3.8, 4) is 11.5 Å². The molecule has 6 heterocycles. The Morgan fingerprint density at radius 1 is 0.654 bits per heavy atom. The Bertz CT molecular complexity index is 2740. The summed E-state index contributed by atoms with van der Waals surface area (Å²) in [6, 6.07) is 10.0. The molecule has 2 atom stereocenters. The van der Waals surface area contributed by atoms with Crippen LogP contribution >= 0.6 is 0 Å². The van der Waals surface area contributed by atoms with Gasteiger partial charge in [0.2, 0.25) is 5.91 Å². The largest absolute Gasteiger partial charge is 0.487 e. The van der Waals surface area contributed by atoms with Gasteiger partial charge in [0.1, 0.15) is 13.2 Å². The van der Waals surface area contributed by atoms with Crippen molar-refractivity contribution < 1.29 is 14.3 Å². The van der Waals surface area contributed by atoms with Crippen molar-refractivity contribution >= 4 is 49.5 Å². The van der Waals surface area contributed by atoms with E-state index in [4.69, 9.17) is 15.2 Å². The van der Waals surface area contributed by atoms with Crippen LogP contribution in [0.4, 0.5) is 0 Å². The van der Waals surface area contributed by atoms with Gasteiger partial charge >= 0.3 is 0 Å². The van der Waals surface area contributed by atoms with Crippen LogP contribution in [0.5, 0.6) is 11.5 Å². The highest BCUT2D eigenvalue weighted by molar-refractivity contribution is 6.06. The number of amides is 1. The second-order valence-corrected chi connectivity index (χ2v) is 13.6. The second kappa shape index (κ2) is 13.1. The first kappa shape index (κ1) is 36.1. The number of aromatic nitrogens is 4. The molecule has 0 fully saturated rings. The lowest BCUT2D eigenvalue weighted by atomic mass is 10.0. The van der Waals surface area contributed by atoms with Crippen LogP contribution in [0.2, 0.25) is 0 Å². The van der Waals surface area contributed by atoms with Gasteiger partial charge < -0.3 is 29.7 Å². The molecule has 6 aromatic rings. The molecule has 52 heavy (non-hydrogen) atoms. The van der Waals surface area contributed by atoms with E-state index in [-0.39, 0.29) is 54.3 Å². The Labute approximate surface area is 298 Å². The maximum atomic E-state index is 12.8. The summed E-state index contributed by atoms with van der Waals surface area (Å²) in [5.74, 6) is 0.982. The first-order valence-corrected chi connectivity index (χ1v) is 16.8. The molecule has 3 N–H and O–H groups in total. The van der Waals surface area contributed by atoms with Crippen LogP contribution in [0.1, 0.15) is 48.7 Å². The summed E-state index contributed by atoms with van der Waals surface area (Å²) in [5.41, 5.74) is 11.7. The van der Waals surface area contributed by atoms with Crippen molar-refractivity contribution in [1.82, 2.24) is 23.6 Å². The van der Waals surface area contributed by atoms with Crippen molar-refractivity contribution in [2.45, 2.75) is 54.1 Å². The summed E-state index contributed by atoms with van der Waals surface area (Å²) in [6.45, 7) is 10.3. The number of nitrogens with zero attached hydrogens (tertiary/aromatic N) is 4. The molecule has 1 amide bonds. The van der Waals surface area contributed by atoms with Crippen LogP contribution in [-0.2, 0) is 18.9 Å². The van der Waals surface area contributed by atoms with Gasteiger partial charge in [-0.25, -0.2) is 0 Å². The fourth-order valence-corrected chi connectivity index (χ4v) is 7.54. The fourth-order valence-electron chi connectivity index (χ4n) is 7.54. The van der Waals surface area contributed by atoms with Gasteiger partial charge in [0.25, 0.3) is 22.2 Å². The normalized spacial score (nSPS) is 15.8. The van der Waals surface area contributed by atoms with Crippen LogP contribution in [0.25, 0.3) is 43.6 Å². The molecular weight excluding hydrogens is 664 g/mol. The van der Waals surface area contributed by atoms with Gasteiger partial charge in [-0.2, -0.15) is 0 Å². The van der Waals surface area contributed by atoms with E-state index in [1.54, 1.807) is 56.6 Å². The van der Waals surface area contributed by atoms with Gasteiger partial charge in [-0.1, -0.05) is 7.43 Å². The molecule has 2 aliphatic rings. The number of hydrogen-bond acceptors (Lipinski definition) is 8. The van der Waals surface area contributed by atoms with E-state index in [2.05, 4.69) is 5.32 Å². The van der Waals surface area contributed by atoms with E-state index in [9.17, 15) is 24.0 Å². The zero-order valence-electron chi connectivity index (χ0n) is 29.7. The number of fused-ring (bicyclic) bond motifs is 4. The maximum absolute atomic E-state index is 12.8. The summed E-state index contributed by atoms with van der Waals surface area (Å²) < 4.78 is 18.6. The van der Waals surface area contributed by atoms with Crippen molar-refractivity contribution in [2.24, 2.45) is 19.8 Å². The summed E-state index contributed by atoms with van der Waals surface area (Å²) in [4.78, 5) is 61.3. The predicted molar refractivity (Wildman–Crippen MR) is 204 cm³/mol.